The van der Waals surface area contributed by atoms with Crippen molar-refractivity contribution in [3.05, 3.63) is 83.9 Å². The number of aliphatic hydroxyl groups excluding tert-OH is 1. The number of hydrogen-bond acceptors (Lipinski definition) is 4. The molecule has 2 amide bonds. The summed E-state index contributed by atoms with van der Waals surface area (Å²) < 4.78 is 5.24. The first kappa shape index (κ1) is 20.9. The van der Waals surface area contributed by atoms with Gasteiger partial charge in [-0.15, -0.1) is 0 Å². The van der Waals surface area contributed by atoms with E-state index in [1.807, 2.05) is 60.7 Å². The number of aliphatic hydroxyl groups is 1. The molecule has 0 spiro atoms. The van der Waals surface area contributed by atoms with Gasteiger partial charge in [-0.2, -0.15) is 5.26 Å². The van der Waals surface area contributed by atoms with E-state index in [9.17, 15) is 9.90 Å². The second-order valence-corrected chi connectivity index (χ2v) is 6.70. The van der Waals surface area contributed by atoms with E-state index in [0.29, 0.717) is 23.5 Å². The molecule has 0 unspecified atom stereocenters. The summed E-state index contributed by atoms with van der Waals surface area (Å²) in [6, 6.07) is 24.1. The second kappa shape index (κ2) is 10.1. The van der Waals surface area contributed by atoms with Crippen LogP contribution in [-0.4, -0.2) is 36.3 Å². The van der Waals surface area contributed by atoms with Crippen molar-refractivity contribution < 1.29 is 14.6 Å². The van der Waals surface area contributed by atoms with Crippen molar-refractivity contribution in [2.24, 2.45) is 0 Å². The number of anilines is 1. The van der Waals surface area contributed by atoms with Crippen molar-refractivity contribution in [3.8, 4) is 22.9 Å². The molecule has 0 fully saturated rings. The maximum absolute atomic E-state index is 12.8. The van der Waals surface area contributed by atoms with Crippen LogP contribution in [0.25, 0.3) is 11.1 Å². The zero-order chi connectivity index (χ0) is 21.3. The Morgan fingerprint density at radius 1 is 1.07 bits per heavy atom. The van der Waals surface area contributed by atoms with Crippen LogP contribution in [0, 0.1) is 11.3 Å². The number of rotatable bonds is 7. The molecule has 3 rings (SSSR count). The molecule has 6 heteroatoms. The molecule has 0 radical (unpaired) electrons. The SMILES string of the molecule is COc1cccc(CN(CCO)C(=O)Nc2cccc(-c3ccc(C#N)cc3)c2)c1. The molecule has 152 valence electrons. The summed E-state index contributed by atoms with van der Waals surface area (Å²) in [5.74, 6) is 0.715. The van der Waals surface area contributed by atoms with Crippen LogP contribution in [0.4, 0.5) is 10.5 Å². The minimum Gasteiger partial charge on any atom is -0.497 e. The Morgan fingerprint density at radius 2 is 1.83 bits per heavy atom. The molecule has 0 aromatic heterocycles. The monoisotopic (exact) mass is 401 g/mol. The fraction of sp³-hybridized carbons (Fsp3) is 0.167. The summed E-state index contributed by atoms with van der Waals surface area (Å²) >= 11 is 0. The normalized spacial score (nSPS) is 10.2. The molecule has 0 bridgehead atoms. The Labute approximate surface area is 176 Å². The van der Waals surface area contributed by atoms with Crippen molar-refractivity contribution in [2.75, 3.05) is 25.6 Å². The number of carbonyl (C=O) groups excluding carboxylic acids is 1. The summed E-state index contributed by atoms with van der Waals surface area (Å²) in [4.78, 5) is 14.4. The Kier molecular flexibility index (Phi) is 7.04. The first-order chi connectivity index (χ1) is 14.6. The van der Waals surface area contributed by atoms with Crippen LogP contribution in [0.15, 0.2) is 72.8 Å². The molecule has 3 aromatic rings. The fourth-order valence-corrected chi connectivity index (χ4v) is 3.08. The first-order valence-corrected chi connectivity index (χ1v) is 9.53. The molecule has 2 N–H and O–H groups in total. The molecule has 3 aromatic carbocycles. The second-order valence-electron chi connectivity index (χ2n) is 6.70. The van der Waals surface area contributed by atoms with Crippen molar-refractivity contribution in [2.45, 2.75) is 6.54 Å². The minimum absolute atomic E-state index is 0.136. The van der Waals surface area contributed by atoms with E-state index >= 15 is 0 Å². The number of nitriles is 1. The van der Waals surface area contributed by atoms with Crippen LogP contribution in [0.5, 0.6) is 5.75 Å². The summed E-state index contributed by atoms with van der Waals surface area (Å²) in [6.45, 7) is 0.417. The Hall–Kier alpha value is -3.82. The molecule has 0 aliphatic carbocycles. The lowest BCUT2D eigenvalue weighted by Crippen LogP contribution is -2.36. The van der Waals surface area contributed by atoms with Gasteiger partial charge < -0.3 is 20.1 Å². The quantitative estimate of drug-likeness (QED) is 0.619. The summed E-state index contributed by atoms with van der Waals surface area (Å²) in [5, 5.41) is 21.2. The van der Waals surface area contributed by atoms with E-state index in [1.165, 1.54) is 0 Å². The number of ether oxygens (including phenoxy) is 1. The van der Waals surface area contributed by atoms with Crippen molar-refractivity contribution >= 4 is 11.7 Å². The maximum Gasteiger partial charge on any atom is 0.322 e. The highest BCUT2D eigenvalue weighted by Crippen LogP contribution is 2.23. The lowest BCUT2D eigenvalue weighted by molar-refractivity contribution is 0.185. The van der Waals surface area contributed by atoms with E-state index in [4.69, 9.17) is 10.00 Å². The molecule has 6 nitrogen and oxygen atoms in total. The number of methoxy groups -OCH3 is 1. The molecule has 0 aliphatic heterocycles. The number of hydrogen-bond donors (Lipinski definition) is 2. The Bertz CT molecular complexity index is 1040. The lowest BCUT2D eigenvalue weighted by Gasteiger charge is -2.23. The van der Waals surface area contributed by atoms with E-state index in [2.05, 4.69) is 11.4 Å². The molecular weight excluding hydrogens is 378 g/mol. The highest BCUT2D eigenvalue weighted by molar-refractivity contribution is 5.90. The maximum atomic E-state index is 12.8. The zero-order valence-electron chi connectivity index (χ0n) is 16.7. The number of nitrogens with zero attached hydrogens (tertiary/aromatic N) is 2. The number of benzene rings is 3. The van der Waals surface area contributed by atoms with Gasteiger partial charge in [0.25, 0.3) is 0 Å². The van der Waals surface area contributed by atoms with Crippen LogP contribution in [0.1, 0.15) is 11.1 Å². The van der Waals surface area contributed by atoms with Gasteiger partial charge in [0, 0.05) is 18.8 Å². The third-order valence-corrected chi connectivity index (χ3v) is 4.63. The predicted octanol–water partition coefficient (Wildman–Crippen LogP) is 4.26. The van der Waals surface area contributed by atoms with Gasteiger partial charge >= 0.3 is 6.03 Å². The van der Waals surface area contributed by atoms with Crippen LogP contribution < -0.4 is 10.1 Å². The van der Waals surface area contributed by atoms with Crippen LogP contribution in [0.3, 0.4) is 0 Å². The fourth-order valence-electron chi connectivity index (χ4n) is 3.08. The molecular formula is C24H23N3O3. The molecule has 0 heterocycles. The van der Waals surface area contributed by atoms with Crippen molar-refractivity contribution in [1.82, 2.24) is 4.90 Å². The first-order valence-electron chi connectivity index (χ1n) is 9.53. The van der Waals surface area contributed by atoms with Gasteiger partial charge in [0.1, 0.15) is 5.75 Å². The van der Waals surface area contributed by atoms with Gasteiger partial charge in [-0.05, 0) is 53.1 Å². The summed E-state index contributed by atoms with van der Waals surface area (Å²) in [7, 11) is 1.60. The van der Waals surface area contributed by atoms with E-state index in [1.54, 1.807) is 24.1 Å². The van der Waals surface area contributed by atoms with Crippen LogP contribution in [-0.2, 0) is 6.54 Å². The minimum atomic E-state index is -0.302. The Balaban J connectivity index is 1.74. The summed E-state index contributed by atoms with van der Waals surface area (Å²) in [5.41, 5.74) is 4.03. The molecule has 0 saturated heterocycles. The lowest BCUT2D eigenvalue weighted by atomic mass is 10.0. The Morgan fingerprint density at radius 3 is 2.53 bits per heavy atom. The highest BCUT2D eigenvalue weighted by atomic mass is 16.5. The van der Waals surface area contributed by atoms with Crippen molar-refractivity contribution in [1.29, 1.82) is 5.26 Å². The third-order valence-electron chi connectivity index (χ3n) is 4.63. The number of nitrogens with one attached hydrogen (secondary N) is 1. The van der Waals surface area contributed by atoms with E-state index in [0.717, 1.165) is 16.7 Å². The number of carbonyl (C=O) groups is 1. The molecule has 30 heavy (non-hydrogen) atoms. The molecule has 0 atom stereocenters. The standard InChI is InChI=1S/C24H23N3O3/c1-30-23-7-2-4-19(14-23)17-27(12-13-28)24(29)26-22-6-3-5-21(15-22)20-10-8-18(16-25)9-11-20/h2-11,14-15,28H,12-13,17H2,1H3,(H,26,29). The predicted molar refractivity (Wildman–Crippen MR) is 116 cm³/mol. The highest BCUT2D eigenvalue weighted by Gasteiger charge is 2.14. The van der Waals surface area contributed by atoms with Gasteiger partial charge in [-0.1, -0.05) is 36.4 Å². The number of urea groups is 1. The van der Waals surface area contributed by atoms with Gasteiger partial charge in [0.2, 0.25) is 0 Å². The van der Waals surface area contributed by atoms with Crippen LogP contribution in [0.2, 0.25) is 0 Å². The van der Waals surface area contributed by atoms with Gasteiger partial charge in [-0.25, -0.2) is 4.79 Å². The molecule has 0 aliphatic rings. The largest absolute Gasteiger partial charge is 0.497 e. The van der Waals surface area contributed by atoms with Gasteiger partial charge in [0.05, 0.1) is 25.3 Å². The van der Waals surface area contributed by atoms with Gasteiger partial charge in [-0.3, -0.25) is 0 Å². The smallest absolute Gasteiger partial charge is 0.322 e. The van der Waals surface area contributed by atoms with Crippen LogP contribution >= 0.6 is 0 Å². The zero-order valence-corrected chi connectivity index (χ0v) is 16.7. The average Bonchev–Trinajstić information content (AvgIpc) is 2.79. The van der Waals surface area contributed by atoms with Gasteiger partial charge in [0.15, 0.2) is 0 Å². The molecule has 0 saturated carbocycles. The van der Waals surface area contributed by atoms with Crippen molar-refractivity contribution in [3.63, 3.8) is 0 Å². The van der Waals surface area contributed by atoms with E-state index < -0.39 is 0 Å². The topological polar surface area (TPSA) is 85.6 Å². The number of amides is 2. The average molecular weight is 401 g/mol. The van der Waals surface area contributed by atoms with E-state index in [-0.39, 0.29) is 19.2 Å². The summed E-state index contributed by atoms with van der Waals surface area (Å²) in [6.07, 6.45) is 0. The third kappa shape index (κ3) is 5.37.